The van der Waals surface area contributed by atoms with E-state index >= 15 is 0 Å². The maximum atomic E-state index is 12.4. The Labute approximate surface area is 130 Å². The van der Waals surface area contributed by atoms with Gasteiger partial charge >= 0.3 is 0 Å². The molecule has 2 heterocycles. The molecule has 0 aliphatic carbocycles. The number of hydrogen-bond acceptors (Lipinski definition) is 2. The third-order valence-electron chi connectivity index (χ3n) is 3.67. The lowest BCUT2D eigenvalue weighted by Gasteiger charge is -2.31. The molecule has 0 atom stereocenters. The van der Waals surface area contributed by atoms with E-state index in [0.29, 0.717) is 6.54 Å². The molecule has 3 rings (SSSR count). The monoisotopic (exact) mass is 290 g/mol. The van der Waals surface area contributed by atoms with E-state index in [4.69, 9.17) is 0 Å². The summed E-state index contributed by atoms with van der Waals surface area (Å²) in [5.41, 5.74) is 4.15. The first-order valence-electron chi connectivity index (χ1n) is 7.30. The van der Waals surface area contributed by atoms with Gasteiger partial charge in [-0.15, -0.1) is 0 Å². The van der Waals surface area contributed by atoms with Crippen molar-refractivity contribution >= 4 is 5.57 Å². The highest BCUT2D eigenvalue weighted by atomic mass is 16.5. The van der Waals surface area contributed by atoms with Gasteiger partial charge in [0.2, 0.25) is 0 Å². The van der Waals surface area contributed by atoms with Crippen LogP contribution in [0.4, 0.5) is 0 Å². The fraction of sp³-hybridized carbons (Fsp3) is 0.105. The van der Waals surface area contributed by atoms with Crippen molar-refractivity contribution in [2.45, 2.75) is 6.92 Å². The molecule has 2 aromatic rings. The highest BCUT2D eigenvalue weighted by Gasteiger charge is 2.13. The Morgan fingerprint density at radius 2 is 1.82 bits per heavy atom. The fourth-order valence-electron chi connectivity index (χ4n) is 2.42. The van der Waals surface area contributed by atoms with Gasteiger partial charge in [-0.05, 0) is 42.8 Å². The fourth-order valence-corrected chi connectivity index (χ4v) is 2.42. The van der Waals surface area contributed by atoms with Crippen LogP contribution < -0.4 is 0 Å². The minimum absolute atomic E-state index is 0.354. The average molecular weight is 290 g/mol. The Bertz CT molecular complexity index is 716. The van der Waals surface area contributed by atoms with Crippen LogP contribution in [0.5, 0.6) is 0 Å². The molecule has 3 nitrogen and oxygen atoms in total. The molecule has 0 bridgehead atoms. The molecular formula is C19H18N2O. The number of aryl methyl sites for hydroxylation is 1. The van der Waals surface area contributed by atoms with Gasteiger partial charge in [-0.25, -0.2) is 0 Å². The number of quaternary nitrogens is 1. The molecule has 3 heteroatoms. The molecule has 1 aromatic heterocycles. The minimum atomic E-state index is -0.456. The summed E-state index contributed by atoms with van der Waals surface area (Å²) in [6.45, 7) is 2.42. The largest absolute Gasteiger partial charge is 0.622 e. The van der Waals surface area contributed by atoms with E-state index in [1.807, 2.05) is 24.3 Å². The summed E-state index contributed by atoms with van der Waals surface area (Å²) in [7, 11) is 0. The maximum absolute atomic E-state index is 12.4. The maximum Gasteiger partial charge on any atom is 0.107 e. The number of benzene rings is 1. The van der Waals surface area contributed by atoms with E-state index in [2.05, 4.69) is 36.2 Å². The van der Waals surface area contributed by atoms with Gasteiger partial charge < -0.3 is 9.85 Å². The highest BCUT2D eigenvalue weighted by Crippen LogP contribution is 2.24. The summed E-state index contributed by atoms with van der Waals surface area (Å²) < 4.78 is -0.456. The molecule has 0 radical (unpaired) electrons. The Hall–Kier alpha value is -2.49. The van der Waals surface area contributed by atoms with Gasteiger partial charge in [0.25, 0.3) is 0 Å². The second-order valence-electron chi connectivity index (χ2n) is 5.42. The quantitative estimate of drug-likeness (QED) is 0.625. The molecule has 110 valence electrons. The number of hydrogen-bond donors (Lipinski definition) is 0. The van der Waals surface area contributed by atoms with E-state index < -0.39 is 4.65 Å². The smallest absolute Gasteiger partial charge is 0.107 e. The number of rotatable bonds is 4. The van der Waals surface area contributed by atoms with Crippen LogP contribution in [0.2, 0.25) is 0 Å². The zero-order chi connectivity index (χ0) is 15.4. The molecular weight excluding hydrogens is 272 g/mol. The van der Waals surface area contributed by atoms with Crippen molar-refractivity contribution in [3.05, 3.63) is 101 Å². The number of allylic oxidation sites excluding steroid dienone is 2. The van der Waals surface area contributed by atoms with Gasteiger partial charge in [0, 0.05) is 11.8 Å². The zero-order valence-corrected chi connectivity index (χ0v) is 12.5. The van der Waals surface area contributed by atoms with Crippen molar-refractivity contribution in [3.63, 3.8) is 0 Å². The third kappa shape index (κ3) is 3.22. The van der Waals surface area contributed by atoms with Crippen molar-refractivity contribution in [3.8, 4) is 0 Å². The molecule has 0 N–H and O–H groups in total. The summed E-state index contributed by atoms with van der Waals surface area (Å²) in [5.74, 6) is 0. The lowest BCUT2D eigenvalue weighted by Crippen LogP contribution is -2.28. The standard InChI is InChI=1S/C19H18N2O/c1-16-7-9-17(10-8-16)18(19-6-2-3-12-20-19)11-15-21(22)13-4-5-14-21/h2-14H,15H2,1H3/b18-11-. The number of pyridine rings is 1. The van der Waals surface area contributed by atoms with E-state index in [1.165, 1.54) is 5.56 Å². The topological polar surface area (TPSA) is 36.0 Å². The van der Waals surface area contributed by atoms with Crippen LogP contribution in [0, 0.1) is 12.1 Å². The van der Waals surface area contributed by atoms with Crippen molar-refractivity contribution in [2.24, 2.45) is 0 Å². The van der Waals surface area contributed by atoms with E-state index in [0.717, 1.165) is 16.8 Å². The van der Waals surface area contributed by atoms with Gasteiger partial charge in [-0.3, -0.25) is 4.98 Å². The van der Waals surface area contributed by atoms with E-state index in [-0.39, 0.29) is 0 Å². The van der Waals surface area contributed by atoms with Gasteiger partial charge in [0.05, 0.1) is 5.69 Å². The normalized spacial score (nSPS) is 16.2. The lowest BCUT2D eigenvalue weighted by molar-refractivity contribution is -0.764. The molecule has 1 aliphatic heterocycles. The van der Waals surface area contributed by atoms with Crippen LogP contribution in [0.1, 0.15) is 16.8 Å². The first-order valence-corrected chi connectivity index (χ1v) is 7.30. The van der Waals surface area contributed by atoms with Gasteiger partial charge in [0.1, 0.15) is 18.9 Å². The Balaban J connectivity index is 1.98. The van der Waals surface area contributed by atoms with Crippen LogP contribution in [0.3, 0.4) is 0 Å². The van der Waals surface area contributed by atoms with Crippen LogP contribution in [0.15, 0.2) is 79.3 Å². The summed E-state index contributed by atoms with van der Waals surface area (Å²) in [6.07, 6.45) is 10.6. The predicted molar refractivity (Wildman–Crippen MR) is 89.3 cm³/mol. The van der Waals surface area contributed by atoms with Crippen LogP contribution in [-0.2, 0) is 0 Å². The predicted octanol–water partition coefficient (Wildman–Crippen LogP) is 4.18. The number of aromatic nitrogens is 1. The third-order valence-corrected chi connectivity index (χ3v) is 3.67. The summed E-state index contributed by atoms with van der Waals surface area (Å²) in [5, 5.41) is 12.4. The number of hydroxylamine groups is 3. The van der Waals surface area contributed by atoms with Gasteiger partial charge in [-0.1, -0.05) is 35.9 Å². The molecule has 0 saturated heterocycles. The van der Waals surface area contributed by atoms with Crippen LogP contribution in [0.25, 0.3) is 5.57 Å². The van der Waals surface area contributed by atoms with Crippen LogP contribution in [-0.4, -0.2) is 16.2 Å². The number of nitrogens with zero attached hydrogens (tertiary/aromatic N) is 2. The zero-order valence-electron chi connectivity index (χ0n) is 12.5. The van der Waals surface area contributed by atoms with Gasteiger partial charge in [0.15, 0.2) is 0 Å². The summed E-state index contributed by atoms with van der Waals surface area (Å²) in [4.78, 5) is 4.43. The van der Waals surface area contributed by atoms with Crippen molar-refractivity contribution in [1.29, 1.82) is 0 Å². The molecule has 0 spiro atoms. The Kier molecular flexibility index (Phi) is 4.00. The van der Waals surface area contributed by atoms with Crippen molar-refractivity contribution in [2.75, 3.05) is 6.54 Å². The molecule has 1 aromatic carbocycles. The second-order valence-corrected chi connectivity index (χ2v) is 5.42. The Morgan fingerprint density at radius 1 is 1.09 bits per heavy atom. The van der Waals surface area contributed by atoms with Crippen LogP contribution >= 0.6 is 0 Å². The van der Waals surface area contributed by atoms with Crippen molar-refractivity contribution in [1.82, 2.24) is 4.98 Å². The molecule has 0 saturated carbocycles. The average Bonchev–Trinajstić information content (AvgIpc) is 2.97. The van der Waals surface area contributed by atoms with E-state index in [1.54, 1.807) is 30.7 Å². The highest BCUT2D eigenvalue weighted by molar-refractivity contribution is 5.78. The SMILES string of the molecule is Cc1ccc(/C(=C/C[N+]2([O-])C=CC=C2)c2ccccn2)cc1. The molecule has 0 fully saturated rings. The molecule has 0 unspecified atom stereocenters. The summed E-state index contributed by atoms with van der Waals surface area (Å²) >= 11 is 0. The second kappa shape index (κ2) is 6.10. The minimum Gasteiger partial charge on any atom is -0.622 e. The first-order chi connectivity index (χ1) is 10.7. The van der Waals surface area contributed by atoms with Crippen molar-refractivity contribution < 1.29 is 4.65 Å². The molecule has 0 amide bonds. The summed E-state index contributed by atoms with van der Waals surface area (Å²) in [6, 6.07) is 14.1. The molecule has 1 aliphatic rings. The Morgan fingerprint density at radius 3 is 2.45 bits per heavy atom. The molecule has 22 heavy (non-hydrogen) atoms. The first kappa shape index (κ1) is 14.4. The lowest BCUT2D eigenvalue weighted by atomic mass is 10.0. The van der Waals surface area contributed by atoms with Gasteiger partial charge in [-0.2, -0.15) is 0 Å². The van der Waals surface area contributed by atoms with E-state index in [9.17, 15) is 5.21 Å².